The first-order valence-corrected chi connectivity index (χ1v) is 18.7. The summed E-state index contributed by atoms with van der Waals surface area (Å²) >= 11 is 0. The summed E-state index contributed by atoms with van der Waals surface area (Å²) < 4.78 is 44.9. The van der Waals surface area contributed by atoms with Gasteiger partial charge in [-0.25, -0.2) is 0 Å². The SMILES string of the molecule is C=CCC(CCCC)OP(=O)([O-])OC(CC=C)CCCC.C=CCC(CCCC)OP(=O)([O-])OC(CC=C)CCCC.[Zn+2]. The summed E-state index contributed by atoms with van der Waals surface area (Å²) in [4.78, 5) is 24.1. The third kappa shape index (κ3) is 29.0. The summed E-state index contributed by atoms with van der Waals surface area (Å²) in [5, 5.41) is 0. The number of rotatable bonds is 28. The van der Waals surface area contributed by atoms with E-state index in [1.807, 2.05) is 0 Å². The van der Waals surface area contributed by atoms with Crippen LogP contribution in [0.25, 0.3) is 0 Å². The van der Waals surface area contributed by atoms with Gasteiger partial charge >= 0.3 is 19.5 Å². The van der Waals surface area contributed by atoms with Crippen molar-refractivity contribution in [3.63, 3.8) is 0 Å². The molecule has 8 nitrogen and oxygen atoms in total. The van der Waals surface area contributed by atoms with Crippen molar-refractivity contribution in [2.45, 2.75) is 155 Å². The molecule has 0 aromatic rings. The van der Waals surface area contributed by atoms with Crippen molar-refractivity contribution in [2.75, 3.05) is 0 Å². The van der Waals surface area contributed by atoms with Crippen LogP contribution >= 0.6 is 15.6 Å². The zero-order valence-electron chi connectivity index (χ0n) is 27.6. The second-order valence-corrected chi connectivity index (χ2v) is 13.1. The maximum absolute atomic E-state index is 12.0. The topological polar surface area (TPSA) is 117 Å². The van der Waals surface area contributed by atoms with Gasteiger partial charge in [-0.05, 0) is 51.4 Å². The monoisotopic (exact) mass is 698 g/mol. The van der Waals surface area contributed by atoms with Gasteiger partial charge in [0.15, 0.2) is 0 Å². The smallest absolute Gasteiger partial charge is 0.756 e. The molecule has 0 saturated heterocycles. The quantitative estimate of drug-likeness (QED) is 0.0450. The Morgan fingerprint density at radius 2 is 0.698 bits per heavy atom. The van der Waals surface area contributed by atoms with Crippen LogP contribution in [0.4, 0.5) is 0 Å². The van der Waals surface area contributed by atoms with Crippen molar-refractivity contribution in [3.8, 4) is 0 Å². The molecule has 4 unspecified atom stereocenters. The molecule has 43 heavy (non-hydrogen) atoms. The van der Waals surface area contributed by atoms with Crippen molar-refractivity contribution in [2.24, 2.45) is 0 Å². The summed E-state index contributed by atoms with van der Waals surface area (Å²) in [5.41, 5.74) is 0. The summed E-state index contributed by atoms with van der Waals surface area (Å²) in [6, 6.07) is 0. The third-order valence-electron chi connectivity index (χ3n) is 6.35. The minimum absolute atomic E-state index is 0. The number of phosphoric acid groups is 2. The fourth-order valence-corrected chi connectivity index (χ4v) is 6.43. The number of hydrogen-bond acceptors (Lipinski definition) is 8. The van der Waals surface area contributed by atoms with E-state index < -0.39 is 15.6 Å². The van der Waals surface area contributed by atoms with Crippen molar-refractivity contribution in [1.29, 1.82) is 0 Å². The number of phosphoric ester groups is 2. The fourth-order valence-electron chi connectivity index (χ4n) is 4.11. The predicted molar refractivity (Wildman–Crippen MR) is 172 cm³/mol. The van der Waals surface area contributed by atoms with Gasteiger partial charge < -0.3 is 27.9 Å². The van der Waals surface area contributed by atoms with Crippen LogP contribution in [0, 0.1) is 0 Å². The van der Waals surface area contributed by atoms with Crippen molar-refractivity contribution in [3.05, 3.63) is 50.6 Å². The molecule has 0 aromatic heterocycles. The Labute approximate surface area is 276 Å². The molecule has 0 N–H and O–H groups in total. The van der Waals surface area contributed by atoms with Gasteiger partial charge in [0.2, 0.25) is 0 Å². The van der Waals surface area contributed by atoms with Gasteiger partial charge in [-0.15, -0.1) is 26.3 Å². The molecule has 0 aliphatic heterocycles. The van der Waals surface area contributed by atoms with E-state index in [0.29, 0.717) is 51.4 Å². The zero-order valence-corrected chi connectivity index (χ0v) is 32.4. The van der Waals surface area contributed by atoms with Crippen LogP contribution in [0.1, 0.15) is 130 Å². The molecule has 0 bridgehead atoms. The standard InChI is InChI=1S/2C16H31O4P.Zn/c2*1-5-9-13-15(11-7-3)19-21(17,18)20-16(12-8-4)14-10-6-2;/h2*7-8,15-16H,3-6,9-14H2,1-2H3,(H,17,18);/q;;+2/p-2. The van der Waals surface area contributed by atoms with E-state index in [0.717, 1.165) is 51.4 Å². The molecule has 0 amide bonds. The van der Waals surface area contributed by atoms with Gasteiger partial charge in [0.05, 0.1) is 24.4 Å². The van der Waals surface area contributed by atoms with Crippen molar-refractivity contribution < 1.29 is 56.5 Å². The van der Waals surface area contributed by atoms with E-state index in [4.69, 9.17) is 18.1 Å². The van der Waals surface area contributed by atoms with E-state index in [1.54, 1.807) is 24.3 Å². The molecule has 0 radical (unpaired) electrons. The van der Waals surface area contributed by atoms with Crippen LogP contribution in [0.5, 0.6) is 0 Å². The molecule has 0 saturated carbocycles. The van der Waals surface area contributed by atoms with E-state index in [9.17, 15) is 18.9 Å². The van der Waals surface area contributed by atoms with E-state index >= 15 is 0 Å². The first kappa shape index (κ1) is 47.2. The molecule has 11 heteroatoms. The van der Waals surface area contributed by atoms with Gasteiger partial charge in [0, 0.05) is 0 Å². The van der Waals surface area contributed by atoms with Crippen LogP contribution < -0.4 is 9.79 Å². The minimum Gasteiger partial charge on any atom is -0.756 e. The maximum atomic E-state index is 12.0. The molecular formula is C32H60O8P2Zn. The van der Waals surface area contributed by atoms with E-state index in [1.165, 1.54) is 0 Å². The van der Waals surface area contributed by atoms with E-state index in [-0.39, 0.29) is 43.9 Å². The predicted octanol–water partition coefficient (Wildman–Crippen LogP) is 9.51. The Morgan fingerprint density at radius 3 is 0.837 bits per heavy atom. The zero-order chi connectivity index (χ0) is 32.3. The average molecular weight is 700 g/mol. The van der Waals surface area contributed by atoms with Crippen molar-refractivity contribution in [1.82, 2.24) is 0 Å². The summed E-state index contributed by atoms with van der Waals surface area (Å²) in [6.07, 6.45) is 17.7. The molecule has 0 heterocycles. The van der Waals surface area contributed by atoms with Crippen LogP contribution in [0.3, 0.4) is 0 Å². The molecule has 0 rings (SSSR count). The van der Waals surface area contributed by atoms with Crippen molar-refractivity contribution >= 4 is 15.6 Å². The summed E-state index contributed by atoms with van der Waals surface area (Å²) in [7, 11) is -8.58. The Balaban J connectivity index is -0.000000727. The third-order valence-corrected chi connectivity index (χ3v) is 8.57. The molecule has 4 atom stereocenters. The Hall–Kier alpha value is -0.197. The maximum Gasteiger partial charge on any atom is 2.00 e. The van der Waals surface area contributed by atoms with Gasteiger partial charge in [0.1, 0.15) is 0 Å². The molecule has 248 valence electrons. The second kappa shape index (κ2) is 30.5. The first-order chi connectivity index (χ1) is 20.0. The Morgan fingerprint density at radius 1 is 0.512 bits per heavy atom. The Kier molecular flexibility index (Phi) is 33.4. The first-order valence-electron chi connectivity index (χ1n) is 15.8. The molecule has 0 aliphatic carbocycles. The Bertz CT molecular complexity index is 675. The fraction of sp³-hybridized carbons (Fsp3) is 0.750. The van der Waals surface area contributed by atoms with Crippen LogP contribution in [-0.2, 0) is 46.7 Å². The van der Waals surface area contributed by atoms with E-state index in [2.05, 4.69) is 54.0 Å². The van der Waals surface area contributed by atoms with Gasteiger partial charge in [-0.2, -0.15) is 0 Å². The largest absolute Gasteiger partial charge is 2.00 e. The minimum atomic E-state index is -4.29. The van der Waals surface area contributed by atoms with Gasteiger partial charge in [-0.1, -0.05) is 103 Å². The number of unbranched alkanes of at least 4 members (excludes halogenated alkanes) is 4. The summed E-state index contributed by atoms with van der Waals surface area (Å²) in [6.45, 7) is 22.8. The molecule has 0 aromatic carbocycles. The number of hydrogen-bond donors (Lipinski definition) is 0. The molecule has 0 fully saturated rings. The molecule has 0 spiro atoms. The second-order valence-electron chi connectivity index (χ2n) is 10.5. The molecular weight excluding hydrogens is 640 g/mol. The normalized spacial score (nSPS) is 16.5. The average Bonchev–Trinajstić information content (AvgIpc) is 2.92. The van der Waals surface area contributed by atoms with Crippen LogP contribution in [-0.4, -0.2) is 24.4 Å². The van der Waals surface area contributed by atoms with Crippen LogP contribution in [0.15, 0.2) is 50.6 Å². The summed E-state index contributed by atoms with van der Waals surface area (Å²) in [5.74, 6) is 0. The molecule has 0 aliphatic rings. The van der Waals surface area contributed by atoms with Crippen LogP contribution in [0.2, 0.25) is 0 Å². The van der Waals surface area contributed by atoms with Gasteiger partial charge in [-0.3, -0.25) is 9.13 Å². The van der Waals surface area contributed by atoms with Gasteiger partial charge in [0.25, 0.3) is 15.6 Å².